The second-order valence-electron chi connectivity index (χ2n) is 9.34. The molecule has 1 unspecified atom stereocenters. The van der Waals surface area contributed by atoms with E-state index in [4.69, 9.17) is 20.8 Å². The van der Waals surface area contributed by atoms with Gasteiger partial charge in [0.25, 0.3) is 0 Å². The van der Waals surface area contributed by atoms with Crippen molar-refractivity contribution in [2.24, 2.45) is 5.10 Å². The summed E-state index contributed by atoms with van der Waals surface area (Å²) in [7, 11) is 1.55. The molecule has 0 aliphatic carbocycles. The molecule has 0 saturated carbocycles. The minimum Gasteiger partial charge on any atom is -0.493 e. The van der Waals surface area contributed by atoms with Crippen LogP contribution in [0.4, 0.5) is 5.69 Å². The van der Waals surface area contributed by atoms with E-state index >= 15 is 0 Å². The van der Waals surface area contributed by atoms with Crippen LogP contribution in [0.1, 0.15) is 68.1 Å². The van der Waals surface area contributed by atoms with E-state index in [1.54, 1.807) is 25.5 Å². The van der Waals surface area contributed by atoms with E-state index in [0.717, 1.165) is 34.8 Å². The monoisotopic (exact) mass is 545 g/mol. The molecule has 34 heavy (non-hydrogen) atoms. The number of nitrogens with zero attached hydrogens (tertiary/aromatic N) is 2. The summed E-state index contributed by atoms with van der Waals surface area (Å²) in [6, 6.07) is 9.41. The molecular weight excluding hydrogens is 518 g/mol. The molecule has 1 aliphatic heterocycles. The van der Waals surface area contributed by atoms with E-state index in [1.807, 2.05) is 12.1 Å². The summed E-state index contributed by atoms with van der Waals surface area (Å²) in [6.07, 6.45) is 3.70. The van der Waals surface area contributed by atoms with E-state index in [0.29, 0.717) is 22.3 Å². The Morgan fingerprint density at radius 1 is 1.35 bits per heavy atom. The first-order valence-electron chi connectivity index (χ1n) is 11.4. The van der Waals surface area contributed by atoms with Crippen LogP contribution in [0.5, 0.6) is 5.75 Å². The molecule has 180 valence electrons. The van der Waals surface area contributed by atoms with E-state index in [1.165, 1.54) is 11.3 Å². The van der Waals surface area contributed by atoms with Crippen molar-refractivity contribution in [2.75, 3.05) is 18.6 Å². The molecule has 0 bridgehead atoms. The van der Waals surface area contributed by atoms with Crippen LogP contribution in [0.3, 0.4) is 0 Å². The molecule has 1 atom stereocenters. The summed E-state index contributed by atoms with van der Waals surface area (Å²) in [6.45, 7) is 9.98. The maximum absolute atomic E-state index is 12.6. The van der Waals surface area contributed by atoms with E-state index in [2.05, 4.69) is 65.1 Å². The molecule has 0 radical (unpaired) electrons. The maximum Gasteiger partial charge on any atom is 0.307 e. The number of rotatable bonds is 6. The summed E-state index contributed by atoms with van der Waals surface area (Å²) in [5.41, 5.74) is 6.30. The Balaban J connectivity index is 1.56. The van der Waals surface area contributed by atoms with Crippen molar-refractivity contribution in [2.45, 2.75) is 52.0 Å². The summed E-state index contributed by atoms with van der Waals surface area (Å²) >= 11 is 10.1. The number of hydrogen-bond donors (Lipinski definition) is 1. The Kier molecular flexibility index (Phi) is 6.97. The van der Waals surface area contributed by atoms with Crippen molar-refractivity contribution in [3.63, 3.8) is 0 Å². The third kappa shape index (κ3) is 4.68. The second kappa shape index (κ2) is 9.62. The number of methoxy groups -OCH3 is 1. The van der Waals surface area contributed by atoms with Gasteiger partial charge in [0.1, 0.15) is 0 Å². The largest absolute Gasteiger partial charge is 0.493 e. The fourth-order valence-corrected chi connectivity index (χ4v) is 5.49. The van der Waals surface area contributed by atoms with E-state index in [9.17, 15) is 4.79 Å². The van der Waals surface area contributed by atoms with Crippen LogP contribution in [0.2, 0.25) is 5.02 Å². The highest BCUT2D eigenvalue weighted by atomic mass is 79.9. The first-order valence-corrected chi connectivity index (χ1v) is 12.5. The average molecular weight is 547 g/mol. The van der Waals surface area contributed by atoms with Crippen LogP contribution in [-0.2, 0) is 0 Å². The third-order valence-corrected chi connectivity index (χ3v) is 7.10. The normalized spacial score (nSPS) is 17.3. The third-order valence-electron chi connectivity index (χ3n) is 6.31. The zero-order chi connectivity index (χ0) is 24.6. The van der Waals surface area contributed by atoms with E-state index < -0.39 is 5.91 Å². The zero-order valence-corrected chi connectivity index (χ0v) is 22.4. The Bertz CT molecular complexity index is 1270. The molecule has 4 rings (SSSR count). The highest BCUT2D eigenvalue weighted by molar-refractivity contribution is 9.10. The lowest BCUT2D eigenvalue weighted by molar-refractivity contribution is 0.0929. The van der Waals surface area contributed by atoms with Gasteiger partial charge in [0, 0.05) is 33.2 Å². The first-order chi connectivity index (χ1) is 16.1. The smallest absolute Gasteiger partial charge is 0.307 e. The first kappa shape index (κ1) is 24.6. The van der Waals surface area contributed by atoms with Crippen LogP contribution in [0.15, 0.2) is 44.3 Å². The van der Waals surface area contributed by atoms with Gasteiger partial charge in [-0.15, -0.1) is 0 Å². The number of amides is 1. The standard InChI is InChI=1S/C26H29BrClN3O3/c1-6-7-31-21-12-20(28)17(9-19(21)15(2)13-26(31,3)4)14-29-30-25(32)23-10-16-8-18(27)11-22(33-5)24(16)34-23/h8-12,14-15H,6-7,13H2,1-5H3,(H,30,32)/b29-14-. The molecule has 2 heterocycles. The van der Waals surface area contributed by atoms with Crippen LogP contribution in [0, 0.1) is 0 Å². The number of carbonyl (C=O) groups is 1. The fraction of sp³-hybridized carbons (Fsp3) is 0.385. The van der Waals surface area contributed by atoms with Gasteiger partial charge >= 0.3 is 5.91 Å². The molecule has 8 heteroatoms. The second-order valence-corrected chi connectivity index (χ2v) is 10.7. The Morgan fingerprint density at radius 2 is 2.12 bits per heavy atom. The fourth-order valence-electron chi connectivity index (χ4n) is 4.83. The van der Waals surface area contributed by atoms with E-state index in [-0.39, 0.29) is 11.3 Å². The summed E-state index contributed by atoms with van der Waals surface area (Å²) < 4.78 is 11.9. The molecule has 3 aromatic rings. The molecule has 1 aromatic heterocycles. The number of furan rings is 1. The van der Waals surface area contributed by atoms with Gasteiger partial charge in [-0.3, -0.25) is 4.79 Å². The minimum atomic E-state index is -0.455. The number of halogens is 2. The van der Waals surface area contributed by atoms with Gasteiger partial charge in [0.15, 0.2) is 17.1 Å². The predicted octanol–water partition coefficient (Wildman–Crippen LogP) is 7.12. The topological polar surface area (TPSA) is 67.1 Å². The molecule has 0 saturated heterocycles. The number of anilines is 1. The molecule has 2 aromatic carbocycles. The molecule has 1 aliphatic rings. The highest BCUT2D eigenvalue weighted by Gasteiger charge is 2.36. The lowest BCUT2D eigenvalue weighted by atomic mass is 9.79. The van der Waals surface area contributed by atoms with Gasteiger partial charge in [0.2, 0.25) is 0 Å². The van der Waals surface area contributed by atoms with Gasteiger partial charge < -0.3 is 14.1 Å². The van der Waals surface area contributed by atoms with Gasteiger partial charge in [-0.1, -0.05) is 41.4 Å². The van der Waals surface area contributed by atoms with Crippen molar-refractivity contribution >= 4 is 56.3 Å². The maximum atomic E-state index is 12.6. The number of benzene rings is 2. The van der Waals surface area contributed by atoms with Crippen molar-refractivity contribution < 1.29 is 13.9 Å². The molecule has 0 fully saturated rings. The Hall–Kier alpha value is -2.51. The van der Waals surface area contributed by atoms with Crippen LogP contribution in [0.25, 0.3) is 11.0 Å². The van der Waals surface area contributed by atoms with Crippen molar-refractivity contribution in [3.8, 4) is 5.75 Å². The van der Waals surface area contributed by atoms with Crippen molar-refractivity contribution in [1.82, 2.24) is 5.43 Å². The van der Waals surface area contributed by atoms with Crippen LogP contribution < -0.4 is 15.1 Å². The number of nitrogens with one attached hydrogen (secondary N) is 1. The SMILES string of the molecule is CCCN1c2cc(Cl)c(/C=N\NC(=O)c3cc4cc(Br)cc(OC)c4o3)cc2C(C)CC1(C)C. The van der Waals surface area contributed by atoms with Gasteiger partial charge in [0.05, 0.1) is 18.3 Å². The number of fused-ring (bicyclic) bond motifs is 2. The predicted molar refractivity (Wildman–Crippen MR) is 142 cm³/mol. The van der Waals surface area contributed by atoms with Gasteiger partial charge in [-0.05, 0) is 68.5 Å². The zero-order valence-electron chi connectivity index (χ0n) is 20.0. The summed E-state index contributed by atoms with van der Waals surface area (Å²) in [4.78, 5) is 15.1. The summed E-state index contributed by atoms with van der Waals surface area (Å²) in [5.74, 6) is 0.624. The summed E-state index contributed by atoms with van der Waals surface area (Å²) in [5, 5.41) is 5.50. The Morgan fingerprint density at radius 3 is 2.82 bits per heavy atom. The van der Waals surface area contributed by atoms with Crippen molar-refractivity contribution in [1.29, 1.82) is 0 Å². The average Bonchev–Trinajstić information content (AvgIpc) is 3.20. The quantitative estimate of drug-likeness (QED) is 0.264. The molecule has 1 amide bonds. The lowest BCUT2D eigenvalue weighted by Gasteiger charge is -2.47. The number of hydrogen-bond acceptors (Lipinski definition) is 5. The van der Waals surface area contributed by atoms with Gasteiger partial charge in [-0.2, -0.15) is 5.10 Å². The highest BCUT2D eigenvalue weighted by Crippen LogP contribution is 2.45. The van der Waals surface area contributed by atoms with Crippen LogP contribution in [-0.4, -0.2) is 31.3 Å². The van der Waals surface area contributed by atoms with Gasteiger partial charge in [-0.25, -0.2) is 5.43 Å². The number of hydrazone groups is 1. The molecule has 0 spiro atoms. The molecular formula is C26H29BrClN3O3. The number of carbonyl (C=O) groups excluding carboxylic acids is 1. The molecule has 1 N–H and O–H groups in total. The molecule has 6 nitrogen and oxygen atoms in total. The Labute approximate surface area is 213 Å². The minimum absolute atomic E-state index is 0.0696. The van der Waals surface area contributed by atoms with Crippen molar-refractivity contribution in [3.05, 3.63) is 56.7 Å². The number of ether oxygens (including phenoxy) is 1. The van der Waals surface area contributed by atoms with Crippen LogP contribution >= 0.6 is 27.5 Å². The lowest BCUT2D eigenvalue weighted by Crippen LogP contribution is -2.48.